The number of fused-ring (bicyclic) bond motifs is 1. The number of anilines is 1. The SMILES string of the molecule is O=C1NC(=O)[C@@H](C2CN3C(=O)CCc4cccc2c43)[C@@H]1c1c[nH]c2ccccc12. The number of aromatic amines is 1. The van der Waals surface area contributed by atoms with Gasteiger partial charge in [0.15, 0.2) is 0 Å². The molecule has 0 spiro atoms. The number of carbonyl (C=O) groups is 3. The Bertz CT molecular complexity index is 1210. The lowest BCUT2D eigenvalue weighted by molar-refractivity contribution is -0.126. The average Bonchev–Trinajstić information content (AvgIpc) is 3.39. The molecule has 0 radical (unpaired) electrons. The highest BCUT2D eigenvalue weighted by Crippen LogP contribution is 2.50. The molecule has 1 saturated heterocycles. The maximum Gasteiger partial charge on any atom is 0.235 e. The van der Waals surface area contributed by atoms with Gasteiger partial charge in [0.2, 0.25) is 17.7 Å². The molecule has 3 amide bonds. The minimum absolute atomic E-state index is 0.0980. The predicted octanol–water partition coefficient (Wildman–Crippen LogP) is 2.60. The molecule has 0 saturated carbocycles. The number of hydrogen-bond donors (Lipinski definition) is 2. The van der Waals surface area contributed by atoms with Crippen LogP contribution in [0.25, 0.3) is 10.9 Å². The van der Waals surface area contributed by atoms with Crippen LogP contribution in [0.2, 0.25) is 0 Å². The van der Waals surface area contributed by atoms with E-state index in [4.69, 9.17) is 0 Å². The summed E-state index contributed by atoms with van der Waals surface area (Å²) in [7, 11) is 0. The molecular formula is C23H19N3O3. The highest BCUT2D eigenvalue weighted by molar-refractivity contribution is 6.10. The first kappa shape index (κ1) is 16.5. The number of para-hydroxylation sites is 2. The van der Waals surface area contributed by atoms with Crippen LogP contribution >= 0.6 is 0 Å². The van der Waals surface area contributed by atoms with Gasteiger partial charge in [0, 0.05) is 36.0 Å². The Balaban J connectivity index is 1.50. The number of aromatic nitrogens is 1. The second kappa shape index (κ2) is 5.80. The summed E-state index contributed by atoms with van der Waals surface area (Å²) in [5, 5.41) is 3.51. The van der Waals surface area contributed by atoms with Gasteiger partial charge in [-0.15, -0.1) is 0 Å². The first-order chi connectivity index (χ1) is 14.1. The van der Waals surface area contributed by atoms with E-state index in [-0.39, 0.29) is 23.6 Å². The number of imide groups is 1. The minimum atomic E-state index is -0.573. The standard InChI is InChI=1S/C23H19N3O3/c27-18-9-8-12-4-3-6-14-16(11-26(18)21(12)14)20-19(22(28)25-23(20)29)15-10-24-17-7-2-1-5-13(15)17/h1-7,10,16,19-20,24H,8-9,11H2,(H,25,28,29)/t16?,19-,20-/m0/s1. The lowest BCUT2D eigenvalue weighted by Gasteiger charge is -2.25. The van der Waals surface area contributed by atoms with E-state index in [0.717, 1.165) is 39.7 Å². The Morgan fingerprint density at radius 3 is 2.66 bits per heavy atom. The lowest BCUT2D eigenvalue weighted by atomic mass is 9.77. The van der Waals surface area contributed by atoms with Gasteiger partial charge < -0.3 is 9.88 Å². The van der Waals surface area contributed by atoms with Gasteiger partial charge in [0.25, 0.3) is 0 Å². The number of benzene rings is 2. The second-order valence-corrected chi connectivity index (χ2v) is 8.11. The minimum Gasteiger partial charge on any atom is -0.361 e. The van der Waals surface area contributed by atoms with Crippen molar-refractivity contribution in [2.24, 2.45) is 5.92 Å². The number of aryl methyl sites for hydroxylation is 1. The predicted molar refractivity (Wildman–Crippen MR) is 108 cm³/mol. The van der Waals surface area contributed by atoms with Crippen LogP contribution in [0.1, 0.15) is 34.9 Å². The van der Waals surface area contributed by atoms with Gasteiger partial charge >= 0.3 is 0 Å². The van der Waals surface area contributed by atoms with Gasteiger partial charge in [-0.3, -0.25) is 19.7 Å². The summed E-state index contributed by atoms with van der Waals surface area (Å²) < 4.78 is 0. The molecule has 3 aliphatic heterocycles. The molecule has 0 aliphatic carbocycles. The molecule has 6 heteroatoms. The van der Waals surface area contributed by atoms with Crippen molar-refractivity contribution in [3.8, 4) is 0 Å². The largest absolute Gasteiger partial charge is 0.361 e. The van der Waals surface area contributed by atoms with E-state index in [2.05, 4.69) is 16.4 Å². The Labute approximate surface area is 166 Å². The molecule has 6 nitrogen and oxygen atoms in total. The summed E-state index contributed by atoms with van der Waals surface area (Å²) in [5.74, 6) is -1.72. The first-order valence-electron chi connectivity index (χ1n) is 9.96. The van der Waals surface area contributed by atoms with Crippen molar-refractivity contribution in [2.75, 3.05) is 11.4 Å². The third-order valence-electron chi connectivity index (χ3n) is 6.69. The second-order valence-electron chi connectivity index (χ2n) is 8.11. The maximum atomic E-state index is 13.0. The van der Waals surface area contributed by atoms with Crippen LogP contribution in [-0.4, -0.2) is 29.3 Å². The van der Waals surface area contributed by atoms with Crippen molar-refractivity contribution in [1.29, 1.82) is 0 Å². The highest BCUT2D eigenvalue weighted by atomic mass is 16.2. The van der Waals surface area contributed by atoms with Crippen LogP contribution in [0, 0.1) is 5.92 Å². The molecule has 6 rings (SSSR count). The first-order valence-corrected chi connectivity index (χ1v) is 9.96. The number of amides is 3. The van der Waals surface area contributed by atoms with Crippen molar-refractivity contribution in [3.63, 3.8) is 0 Å². The fourth-order valence-corrected chi connectivity index (χ4v) is 5.44. The van der Waals surface area contributed by atoms with Gasteiger partial charge in [0.05, 0.1) is 17.5 Å². The van der Waals surface area contributed by atoms with E-state index < -0.39 is 11.8 Å². The number of H-pyrrole nitrogens is 1. The Hall–Kier alpha value is -3.41. The summed E-state index contributed by atoms with van der Waals surface area (Å²) in [6.07, 6.45) is 3.06. The van der Waals surface area contributed by atoms with E-state index in [9.17, 15) is 14.4 Å². The molecule has 3 atom stereocenters. The molecule has 144 valence electrons. The van der Waals surface area contributed by atoms with Crippen LogP contribution in [-0.2, 0) is 20.8 Å². The van der Waals surface area contributed by atoms with Crippen molar-refractivity contribution >= 4 is 34.3 Å². The highest BCUT2D eigenvalue weighted by Gasteiger charge is 2.51. The quantitative estimate of drug-likeness (QED) is 0.666. The fourth-order valence-electron chi connectivity index (χ4n) is 5.44. The molecule has 1 aromatic heterocycles. The number of nitrogens with zero attached hydrogens (tertiary/aromatic N) is 1. The van der Waals surface area contributed by atoms with Crippen LogP contribution in [0.15, 0.2) is 48.7 Å². The van der Waals surface area contributed by atoms with Crippen LogP contribution in [0.5, 0.6) is 0 Å². The van der Waals surface area contributed by atoms with Crippen molar-refractivity contribution in [2.45, 2.75) is 24.7 Å². The van der Waals surface area contributed by atoms with E-state index in [1.54, 1.807) is 0 Å². The van der Waals surface area contributed by atoms with E-state index in [1.807, 2.05) is 47.5 Å². The van der Waals surface area contributed by atoms with E-state index in [0.29, 0.717) is 13.0 Å². The van der Waals surface area contributed by atoms with Gasteiger partial charge in [-0.25, -0.2) is 0 Å². The summed E-state index contributed by atoms with van der Waals surface area (Å²) in [5.41, 5.74) is 4.90. The summed E-state index contributed by atoms with van der Waals surface area (Å²) in [6, 6.07) is 13.9. The molecule has 3 aliphatic rings. The zero-order chi connectivity index (χ0) is 19.7. The molecular weight excluding hydrogens is 366 g/mol. The average molecular weight is 385 g/mol. The molecule has 3 aromatic rings. The summed E-state index contributed by atoms with van der Waals surface area (Å²) in [4.78, 5) is 43.4. The van der Waals surface area contributed by atoms with Gasteiger partial charge in [0.1, 0.15) is 0 Å². The fraction of sp³-hybridized carbons (Fsp3) is 0.261. The number of nitrogens with one attached hydrogen (secondary N) is 2. The number of hydrogen-bond acceptors (Lipinski definition) is 3. The monoisotopic (exact) mass is 385 g/mol. The summed E-state index contributed by atoms with van der Waals surface area (Å²) in [6.45, 7) is 0.454. The Morgan fingerprint density at radius 1 is 0.897 bits per heavy atom. The molecule has 2 aromatic carbocycles. The van der Waals surface area contributed by atoms with E-state index >= 15 is 0 Å². The third-order valence-corrected chi connectivity index (χ3v) is 6.69. The van der Waals surface area contributed by atoms with Crippen LogP contribution in [0.3, 0.4) is 0 Å². The smallest absolute Gasteiger partial charge is 0.235 e. The van der Waals surface area contributed by atoms with Gasteiger partial charge in [-0.2, -0.15) is 0 Å². The van der Waals surface area contributed by atoms with E-state index in [1.165, 1.54) is 0 Å². The van der Waals surface area contributed by atoms with Crippen molar-refractivity contribution < 1.29 is 14.4 Å². The summed E-state index contributed by atoms with van der Waals surface area (Å²) >= 11 is 0. The zero-order valence-corrected chi connectivity index (χ0v) is 15.6. The normalized spacial score (nSPS) is 25.6. The molecule has 29 heavy (non-hydrogen) atoms. The van der Waals surface area contributed by atoms with Crippen molar-refractivity contribution in [1.82, 2.24) is 10.3 Å². The maximum absolute atomic E-state index is 13.0. The molecule has 4 heterocycles. The zero-order valence-electron chi connectivity index (χ0n) is 15.6. The Kier molecular flexibility index (Phi) is 3.30. The van der Waals surface area contributed by atoms with Crippen LogP contribution in [0.4, 0.5) is 5.69 Å². The lowest BCUT2D eigenvalue weighted by Crippen LogP contribution is -2.35. The molecule has 0 bridgehead atoms. The third kappa shape index (κ3) is 2.20. The van der Waals surface area contributed by atoms with Crippen molar-refractivity contribution in [3.05, 3.63) is 65.4 Å². The van der Waals surface area contributed by atoms with Gasteiger partial charge in [-0.05, 0) is 29.2 Å². The van der Waals surface area contributed by atoms with Crippen LogP contribution < -0.4 is 10.2 Å². The molecule has 2 N–H and O–H groups in total. The van der Waals surface area contributed by atoms with Gasteiger partial charge in [-0.1, -0.05) is 36.4 Å². The Morgan fingerprint density at radius 2 is 1.76 bits per heavy atom. The topological polar surface area (TPSA) is 82.3 Å². The molecule has 1 unspecified atom stereocenters. The number of rotatable bonds is 2. The number of carbonyl (C=O) groups excluding carboxylic acids is 3. The molecule has 1 fully saturated rings.